The minimum Gasteiger partial charge on any atom is -0.468 e. The fourth-order valence-corrected chi connectivity index (χ4v) is 6.79. The summed E-state index contributed by atoms with van der Waals surface area (Å²) in [5.74, 6) is -2.98. The SMILES string of the molecule is CCOC(=O)C1CC(C)(C(=O)OCC)Nc2ccc(C(c3ccc4c(c3)C(C(=O)OCC)CC(C)(C(=O)OCC)N4)c3ccco3)cc21. The van der Waals surface area contributed by atoms with Gasteiger partial charge in [-0.15, -0.1) is 0 Å². The Kier molecular flexibility index (Phi) is 10.2. The Labute approximate surface area is 280 Å². The standard InChI is InChI=1S/C37H44N2O9/c1-7-44-32(40)26-20-36(5,34(42)46-9-3)38-28-15-13-22(18-24(26)28)31(30-12-11-17-48-30)23-14-16-29-25(19-23)27(33(41)45-8-2)21-37(6,39-29)35(43)47-10-4/h11-19,26-27,31,38-39H,7-10,20-21H2,1-6H3. The summed E-state index contributed by atoms with van der Waals surface area (Å²) in [5.41, 5.74) is 2.04. The third-order valence-electron chi connectivity index (χ3n) is 9.04. The van der Waals surface area contributed by atoms with Crippen LogP contribution in [0.25, 0.3) is 0 Å². The van der Waals surface area contributed by atoms with E-state index in [4.69, 9.17) is 23.4 Å². The minimum atomic E-state index is -1.13. The van der Waals surface area contributed by atoms with Crippen molar-refractivity contribution < 1.29 is 42.5 Å². The van der Waals surface area contributed by atoms with E-state index in [1.165, 1.54) is 0 Å². The van der Waals surface area contributed by atoms with Crippen molar-refractivity contribution in [1.82, 2.24) is 0 Å². The maximum Gasteiger partial charge on any atom is 0.331 e. The number of carbonyl (C=O) groups is 4. The highest BCUT2D eigenvalue weighted by atomic mass is 16.5. The molecule has 4 atom stereocenters. The molecule has 3 aromatic rings. The lowest BCUT2D eigenvalue weighted by Gasteiger charge is -2.39. The maximum absolute atomic E-state index is 13.4. The second-order valence-electron chi connectivity index (χ2n) is 12.5. The van der Waals surface area contributed by atoms with Crippen LogP contribution in [0.2, 0.25) is 0 Å². The molecular formula is C37H44N2O9. The number of esters is 4. The Balaban J connectivity index is 1.61. The van der Waals surface area contributed by atoms with Crippen LogP contribution in [0, 0.1) is 0 Å². The van der Waals surface area contributed by atoms with Crippen LogP contribution >= 0.6 is 0 Å². The number of fused-ring (bicyclic) bond motifs is 2. The molecule has 2 aromatic carbocycles. The van der Waals surface area contributed by atoms with E-state index in [1.54, 1.807) is 53.9 Å². The Morgan fingerprint density at radius 1 is 0.708 bits per heavy atom. The van der Waals surface area contributed by atoms with Gasteiger partial charge in [0.05, 0.1) is 50.4 Å². The summed E-state index contributed by atoms with van der Waals surface area (Å²) in [6.07, 6.45) is 1.90. The molecule has 5 rings (SSSR count). The number of ether oxygens (including phenoxy) is 4. The van der Waals surface area contributed by atoms with Crippen LogP contribution in [-0.2, 0) is 38.1 Å². The molecule has 0 saturated heterocycles. The van der Waals surface area contributed by atoms with Gasteiger partial charge in [-0.25, -0.2) is 9.59 Å². The third kappa shape index (κ3) is 6.63. The number of nitrogens with one attached hydrogen (secondary N) is 2. The summed E-state index contributed by atoms with van der Waals surface area (Å²) in [7, 11) is 0. The van der Waals surface area contributed by atoms with Gasteiger partial charge in [-0.3, -0.25) is 9.59 Å². The molecule has 11 nitrogen and oxygen atoms in total. The molecule has 2 aliphatic rings. The largest absolute Gasteiger partial charge is 0.468 e. The summed E-state index contributed by atoms with van der Waals surface area (Å²) in [4.78, 5) is 52.7. The summed E-state index contributed by atoms with van der Waals surface area (Å²) in [6.45, 7) is 11.3. The lowest BCUT2D eigenvalue weighted by molar-refractivity contribution is -0.152. The Hall–Kier alpha value is -4.80. The van der Waals surface area contributed by atoms with Gasteiger partial charge in [0.25, 0.3) is 0 Å². The highest BCUT2D eigenvalue weighted by Gasteiger charge is 2.47. The van der Waals surface area contributed by atoms with Crippen LogP contribution in [-0.4, -0.2) is 61.4 Å². The monoisotopic (exact) mass is 660 g/mol. The van der Waals surface area contributed by atoms with Crippen molar-refractivity contribution >= 4 is 35.3 Å². The first-order chi connectivity index (χ1) is 23.0. The van der Waals surface area contributed by atoms with Gasteiger partial charge in [0, 0.05) is 11.4 Å². The van der Waals surface area contributed by atoms with E-state index in [1.807, 2.05) is 42.5 Å². The molecule has 0 fully saturated rings. The smallest absolute Gasteiger partial charge is 0.331 e. The zero-order chi connectivity index (χ0) is 34.6. The van der Waals surface area contributed by atoms with Gasteiger partial charge < -0.3 is 34.0 Å². The molecule has 0 spiro atoms. The molecule has 0 radical (unpaired) electrons. The molecule has 0 saturated carbocycles. The highest BCUT2D eigenvalue weighted by molar-refractivity contribution is 5.92. The van der Waals surface area contributed by atoms with Gasteiger partial charge in [0.2, 0.25) is 0 Å². The van der Waals surface area contributed by atoms with E-state index in [0.717, 1.165) is 11.1 Å². The molecule has 0 aliphatic carbocycles. The highest BCUT2D eigenvalue weighted by Crippen LogP contribution is 2.46. The molecule has 2 aliphatic heterocycles. The third-order valence-corrected chi connectivity index (χ3v) is 9.04. The quantitative estimate of drug-likeness (QED) is 0.184. The predicted octanol–water partition coefficient (Wildman–Crippen LogP) is 6.03. The first-order valence-corrected chi connectivity index (χ1v) is 16.5. The van der Waals surface area contributed by atoms with E-state index in [9.17, 15) is 19.2 Å². The molecule has 0 amide bonds. The lowest BCUT2D eigenvalue weighted by Crippen LogP contribution is -2.49. The van der Waals surface area contributed by atoms with Crippen molar-refractivity contribution in [3.05, 3.63) is 82.8 Å². The molecule has 0 bridgehead atoms. The second-order valence-corrected chi connectivity index (χ2v) is 12.5. The zero-order valence-corrected chi connectivity index (χ0v) is 28.3. The minimum absolute atomic E-state index is 0.150. The number of carbonyl (C=O) groups excluding carboxylic acids is 4. The van der Waals surface area contributed by atoms with Crippen molar-refractivity contribution in [1.29, 1.82) is 0 Å². The molecule has 4 unspecified atom stereocenters. The number of rotatable bonds is 11. The van der Waals surface area contributed by atoms with E-state index in [2.05, 4.69) is 10.6 Å². The summed E-state index contributed by atoms with van der Waals surface area (Å²) in [5, 5.41) is 6.64. The van der Waals surface area contributed by atoms with Crippen molar-refractivity contribution in [2.75, 3.05) is 37.1 Å². The second kappa shape index (κ2) is 14.1. The molecule has 11 heteroatoms. The molecule has 256 valence electrons. The van der Waals surface area contributed by atoms with Crippen LogP contribution in [0.5, 0.6) is 0 Å². The maximum atomic E-state index is 13.4. The first-order valence-electron chi connectivity index (χ1n) is 16.5. The Morgan fingerprint density at radius 2 is 1.15 bits per heavy atom. The van der Waals surface area contributed by atoms with Gasteiger partial charge in [0.1, 0.15) is 16.8 Å². The first kappa shape index (κ1) is 34.5. The van der Waals surface area contributed by atoms with Crippen LogP contribution in [0.1, 0.15) is 100 Å². The van der Waals surface area contributed by atoms with E-state index in [-0.39, 0.29) is 39.3 Å². The van der Waals surface area contributed by atoms with Gasteiger partial charge in [0.15, 0.2) is 0 Å². The fraction of sp³-hybridized carbons (Fsp3) is 0.459. The Morgan fingerprint density at radius 3 is 1.52 bits per heavy atom. The lowest BCUT2D eigenvalue weighted by atomic mass is 9.76. The molecule has 3 heterocycles. The Bertz CT molecular complexity index is 1560. The van der Waals surface area contributed by atoms with E-state index < -0.39 is 52.7 Å². The summed E-state index contributed by atoms with van der Waals surface area (Å²) >= 11 is 0. The van der Waals surface area contributed by atoms with E-state index >= 15 is 0 Å². The molecular weight excluding hydrogens is 616 g/mol. The topological polar surface area (TPSA) is 142 Å². The number of anilines is 2. The summed E-state index contributed by atoms with van der Waals surface area (Å²) in [6, 6.07) is 15.1. The normalized spacial score (nSPS) is 23.3. The van der Waals surface area contributed by atoms with Crippen LogP contribution in [0.4, 0.5) is 11.4 Å². The van der Waals surface area contributed by atoms with Crippen molar-refractivity contribution in [3.8, 4) is 0 Å². The number of hydrogen-bond donors (Lipinski definition) is 2. The van der Waals surface area contributed by atoms with Gasteiger partial charge >= 0.3 is 23.9 Å². The van der Waals surface area contributed by atoms with Crippen LogP contribution in [0.3, 0.4) is 0 Å². The van der Waals surface area contributed by atoms with Gasteiger partial charge in [-0.05, 0) is 101 Å². The zero-order valence-electron chi connectivity index (χ0n) is 28.3. The molecule has 2 N–H and O–H groups in total. The molecule has 48 heavy (non-hydrogen) atoms. The van der Waals surface area contributed by atoms with Crippen molar-refractivity contribution in [2.24, 2.45) is 0 Å². The van der Waals surface area contributed by atoms with Gasteiger partial charge in [-0.2, -0.15) is 0 Å². The number of furan rings is 1. The van der Waals surface area contributed by atoms with Crippen molar-refractivity contribution in [2.45, 2.75) is 83.2 Å². The van der Waals surface area contributed by atoms with E-state index in [0.29, 0.717) is 28.3 Å². The van der Waals surface area contributed by atoms with Crippen LogP contribution in [0.15, 0.2) is 59.2 Å². The van der Waals surface area contributed by atoms with Gasteiger partial charge in [-0.1, -0.05) is 24.3 Å². The summed E-state index contributed by atoms with van der Waals surface area (Å²) < 4.78 is 27.6. The van der Waals surface area contributed by atoms with Crippen molar-refractivity contribution in [3.63, 3.8) is 0 Å². The average Bonchev–Trinajstić information content (AvgIpc) is 3.59. The number of hydrogen-bond acceptors (Lipinski definition) is 11. The average molecular weight is 661 g/mol. The predicted molar refractivity (Wildman–Crippen MR) is 178 cm³/mol. The fourth-order valence-electron chi connectivity index (χ4n) is 6.79. The van der Waals surface area contributed by atoms with Crippen LogP contribution < -0.4 is 10.6 Å². The number of benzene rings is 2. The molecule has 1 aromatic heterocycles.